The summed E-state index contributed by atoms with van der Waals surface area (Å²) in [6.07, 6.45) is 0. The van der Waals surface area contributed by atoms with E-state index in [1.807, 2.05) is 30.3 Å². The molecule has 0 unspecified atom stereocenters. The summed E-state index contributed by atoms with van der Waals surface area (Å²) in [5.41, 5.74) is 0.793. The van der Waals surface area contributed by atoms with Gasteiger partial charge in [-0.25, -0.2) is 0 Å². The summed E-state index contributed by atoms with van der Waals surface area (Å²) in [5, 5.41) is 11.6. The van der Waals surface area contributed by atoms with Gasteiger partial charge in [0.1, 0.15) is 19.0 Å². The van der Waals surface area contributed by atoms with Gasteiger partial charge in [0, 0.05) is 11.4 Å². The number of hydrogen-bond donors (Lipinski definition) is 0. The van der Waals surface area contributed by atoms with Crippen LogP contribution in [-0.2, 0) is 5.33 Å². The van der Waals surface area contributed by atoms with E-state index in [0.717, 1.165) is 11.3 Å². The van der Waals surface area contributed by atoms with Crippen molar-refractivity contribution in [2.45, 2.75) is 5.33 Å². The second-order valence-corrected chi connectivity index (χ2v) is 4.76. The molecular formula is C15H14BrNO4. The van der Waals surface area contributed by atoms with E-state index in [9.17, 15) is 10.1 Å². The lowest BCUT2D eigenvalue weighted by Gasteiger charge is -2.09. The van der Waals surface area contributed by atoms with Gasteiger partial charge in [0.15, 0.2) is 5.75 Å². The van der Waals surface area contributed by atoms with Gasteiger partial charge in [0.25, 0.3) is 0 Å². The van der Waals surface area contributed by atoms with Crippen molar-refractivity contribution in [3.8, 4) is 11.5 Å². The van der Waals surface area contributed by atoms with Gasteiger partial charge in [-0.15, -0.1) is 0 Å². The zero-order chi connectivity index (χ0) is 15.1. The molecule has 0 radical (unpaired) electrons. The second kappa shape index (κ2) is 7.64. The molecule has 2 rings (SSSR count). The van der Waals surface area contributed by atoms with Crippen LogP contribution in [0.15, 0.2) is 48.5 Å². The van der Waals surface area contributed by atoms with Crippen molar-refractivity contribution >= 4 is 21.6 Å². The van der Waals surface area contributed by atoms with Gasteiger partial charge in [0.05, 0.1) is 4.92 Å². The van der Waals surface area contributed by atoms with Crippen LogP contribution in [0.4, 0.5) is 5.69 Å². The number of nitrogens with zero attached hydrogens (tertiary/aromatic N) is 1. The Hall–Kier alpha value is -2.08. The molecule has 0 atom stereocenters. The van der Waals surface area contributed by atoms with E-state index in [-0.39, 0.29) is 18.0 Å². The van der Waals surface area contributed by atoms with Gasteiger partial charge in [-0.3, -0.25) is 10.1 Å². The van der Waals surface area contributed by atoms with Gasteiger partial charge < -0.3 is 9.47 Å². The molecule has 0 aliphatic rings. The molecule has 0 aliphatic carbocycles. The van der Waals surface area contributed by atoms with E-state index in [4.69, 9.17) is 9.47 Å². The maximum absolute atomic E-state index is 11.0. The lowest BCUT2D eigenvalue weighted by Crippen LogP contribution is -2.10. The molecule has 5 nitrogen and oxygen atoms in total. The number of halogens is 1. The molecule has 0 bridgehead atoms. The molecule has 110 valence electrons. The van der Waals surface area contributed by atoms with E-state index in [0.29, 0.717) is 11.9 Å². The van der Waals surface area contributed by atoms with Crippen LogP contribution in [0.1, 0.15) is 5.56 Å². The zero-order valence-electron chi connectivity index (χ0n) is 11.2. The number of alkyl halides is 1. The van der Waals surface area contributed by atoms with Crippen molar-refractivity contribution in [2.75, 3.05) is 13.2 Å². The average Bonchev–Trinajstić information content (AvgIpc) is 2.52. The third-order valence-electron chi connectivity index (χ3n) is 2.73. The van der Waals surface area contributed by atoms with Gasteiger partial charge >= 0.3 is 5.69 Å². The number of nitro groups is 1. The van der Waals surface area contributed by atoms with E-state index < -0.39 is 4.92 Å². The number of rotatable bonds is 7. The van der Waals surface area contributed by atoms with Crippen molar-refractivity contribution in [2.24, 2.45) is 0 Å². The van der Waals surface area contributed by atoms with Gasteiger partial charge in [-0.05, 0) is 23.8 Å². The summed E-state index contributed by atoms with van der Waals surface area (Å²) in [7, 11) is 0. The minimum Gasteiger partial charge on any atom is -0.490 e. The SMILES string of the molecule is O=[N+]([O-])c1cc(CBr)ccc1OCCOc1ccccc1. The number of hydrogen-bond acceptors (Lipinski definition) is 4. The summed E-state index contributed by atoms with van der Waals surface area (Å²) in [6.45, 7) is 0.560. The first-order chi connectivity index (χ1) is 10.2. The Morgan fingerprint density at radius 2 is 1.76 bits per heavy atom. The molecule has 2 aromatic rings. The Bertz CT molecular complexity index is 604. The summed E-state index contributed by atoms with van der Waals surface area (Å²) < 4.78 is 10.9. The van der Waals surface area contributed by atoms with Crippen molar-refractivity contribution in [1.82, 2.24) is 0 Å². The molecule has 0 aromatic heterocycles. The standard InChI is InChI=1S/C15H14BrNO4/c16-11-12-6-7-15(14(10-12)17(18)19)21-9-8-20-13-4-2-1-3-5-13/h1-7,10H,8-9,11H2. The normalized spacial score (nSPS) is 10.1. The smallest absolute Gasteiger partial charge is 0.311 e. The highest BCUT2D eigenvalue weighted by molar-refractivity contribution is 9.08. The van der Waals surface area contributed by atoms with Crippen LogP contribution in [-0.4, -0.2) is 18.1 Å². The Labute approximate surface area is 130 Å². The van der Waals surface area contributed by atoms with Gasteiger partial charge in [-0.2, -0.15) is 0 Å². The van der Waals surface area contributed by atoms with Gasteiger partial charge in [-0.1, -0.05) is 40.2 Å². The molecule has 0 N–H and O–H groups in total. The zero-order valence-corrected chi connectivity index (χ0v) is 12.8. The highest BCUT2D eigenvalue weighted by Crippen LogP contribution is 2.28. The lowest BCUT2D eigenvalue weighted by atomic mass is 10.2. The van der Waals surface area contributed by atoms with Crippen molar-refractivity contribution in [3.05, 3.63) is 64.2 Å². The lowest BCUT2D eigenvalue weighted by molar-refractivity contribution is -0.385. The Morgan fingerprint density at radius 1 is 1.05 bits per heavy atom. The van der Waals surface area contributed by atoms with Crippen LogP contribution in [0.3, 0.4) is 0 Å². The van der Waals surface area contributed by atoms with Crippen LogP contribution in [0.2, 0.25) is 0 Å². The summed E-state index contributed by atoms with van der Waals surface area (Å²) in [4.78, 5) is 10.6. The quantitative estimate of drug-likeness (QED) is 0.328. The molecule has 21 heavy (non-hydrogen) atoms. The van der Waals surface area contributed by atoms with Crippen molar-refractivity contribution in [3.63, 3.8) is 0 Å². The summed E-state index contributed by atoms with van der Waals surface area (Å²) >= 11 is 3.27. The molecule has 0 aliphatic heterocycles. The topological polar surface area (TPSA) is 61.6 Å². The first-order valence-corrected chi connectivity index (χ1v) is 7.47. The number of nitro benzene ring substituents is 1. The number of para-hydroxylation sites is 1. The predicted molar refractivity (Wildman–Crippen MR) is 83.2 cm³/mol. The summed E-state index contributed by atoms with van der Waals surface area (Å²) in [5.74, 6) is 0.992. The van der Waals surface area contributed by atoms with E-state index >= 15 is 0 Å². The Kier molecular flexibility index (Phi) is 5.57. The highest BCUT2D eigenvalue weighted by atomic mass is 79.9. The number of benzene rings is 2. The first kappa shape index (κ1) is 15.3. The average molecular weight is 352 g/mol. The maximum atomic E-state index is 11.0. The molecule has 0 saturated carbocycles. The van der Waals surface area contributed by atoms with Crippen LogP contribution in [0.25, 0.3) is 0 Å². The van der Waals surface area contributed by atoms with E-state index in [2.05, 4.69) is 15.9 Å². The number of ether oxygens (including phenoxy) is 2. The minimum absolute atomic E-state index is 0.0355. The van der Waals surface area contributed by atoms with E-state index in [1.54, 1.807) is 12.1 Å². The molecule has 0 spiro atoms. The van der Waals surface area contributed by atoms with Crippen LogP contribution >= 0.6 is 15.9 Å². The van der Waals surface area contributed by atoms with Gasteiger partial charge in [0.2, 0.25) is 0 Å². The fraction of sp³-hybridized carbons (Fsp3) is 0.200. The Morgan fingerprint density at radius 3 is 2.43 bits per heavy atom. The molecule has 0 saturated heterocycles. The third kappa shape index (κ3) is 4.46. The maximum Gasteiger partial charge on any atom is 0.311 e. The fourth-order valence-corrected chi connectivity index (χ4v) is 2.09. The molecule has 0 fully saturated rings. The third-order valence-corrected chi connectivity index (χ3v) is 3.37. The molecule has 0 heterocycles. The van der Waals surface area contributed by atoms with E-state index in [1.165, 1.54) is 6.07 Å². The predicted octanol–water partition coefficient (Wildman–Crippen LogP) is 3.95. The Balaban J connectivity index is 1.92. The molecule has 0 amide bonds. The van der Waals surface area contributed by atoms with Crippen LogP contribution in [0.5, 0.6) is 11.5 Å². The van der Waals surface area contributed by atoms with Crippen LogP contribution < -0.4 is 9.47 Å². The van der Waals surface area contributed by atoms with Crippen molar-refractivity contribution < 1.29 is 14.4 Å². The molecular weight excluding hydrogens is 338 g/mol. The second-order valence-electron chi connectivity index (χ2n) is 4.20. The highest BCUT2D eigenvalue weighted by Gasteiger charge is 2.15. The fourth-order valence-electron chi connectivity index (χ4n) is 1.74. The molecule has 2 aromatic carbocycles. The molecule has 6 heteroatoms. The summed E-state index contributed by atoms with van der Waals surface area (Å²) in [6, 6.07) is 14.2. The van der Waals surface area contributed by atoms with Crippen molar-refractivity contribution in [1.29, 1.82) is 0 Å². The largest absolute Gasteiger partial charge is 0.490 e. The first-order valence-electron chi connectivity index (χ1n) is 6.34. The van der Waals surface area contributed by atoms with Crippen LogP contribution in [0, 0.1) is 10.1 Å². The minimum atomic E-state index is -0.445. The monoisotopic (exact) mass is 351 g/mol.